The fourth-order valence-corrected chi connectivity index (χ4v) is 4.23. The topological polar surface area (TPSA) is 84.2 Å². The van der Waals surface area contributed by atoms with Crippen LogP contribution in [0.3, 0.4) is 0 Å². The van der Waals surface area contributed by atoms with Crippen LogP contribution >= 0.6 is 0 Å². The van der Waals surface area contributed by atoms with Crippen LogP contribution in [-0.2, 0) is 14.6 Å². The smallest absolute Gasteiger partial charge is 0.158 e. The first kappa shape index (κ1) is 15.5. The average Bonchev–Trinajstić information content (AvgIpc) is 2.82. The fraction of sp³-hybridized carbons (Fsp3) is 0.467. The van der Waals surface area contributed by atoms with Gasteiger partial charge in [0, 0.05) is 5.92 Å². The SMILES string of the molecule is CCOc1ccc(C(C#N)C(=O)C2CCS(=O)(=O)C2)cc1. The van der Waals surface area contributed by atoms with Crippen molar-refractivity contribution in [2.75, 3.05) is 18.1 Å². The third-order valence-electron chi connectivity index (χ3n) is 3.57. The van der Waals surface area contributed by atoms with Crippen molar-refractivity contribution in [3.8, 4) is 11.8 Å². The van der Waals surface area contributed by atoms with Crippen molar-refractivity contribution < 1.29 is 17.9 Å². The first-order chi connectivity index (χ1) is 9.96. The van der Waals surface area contributed by atoms with Gasteiger partial charge in [-0.2, -0.15) is 5.26 Å². The molecule has 5 nitrogen and oxygen atoms in total. The number of benzene rings is 1. The minimum absolute atomic E-state index is 0.0326. The van der Waals surface area contributed by atoms with Crippen molar-refractivity contribution >= 4 is 15.6 Å². The molecule has 1 aliphatic heterocycles. The van der Waals surface area contributed by atoms with Crippen molar-refractivity contribution in [2.45, 2.75) is 19.3 Å². The largest absolute Gasteiger partial charge is 0.494 e. The standard InChI is InChI=1S/C15H17NO4S/c1-2-20-13-5-3-11(4-6-13)14(9-16)15(17)12-7-8-21(18,19)10-12/h3-6,12,14H,2,7-8,10H2,1H3. The van der Waals surface area contributed by atoms with E-state index in [2.05, 4.69) is 0 Å². The number of carbonyl (C=O) groups is 1. The lowest BCUT2D eigenvalue weighted by Gasteiger charge is -2.13. The first-order valence-electron chi connectivity index (χ1n) is 6.83. The zero-order valence-electron chi connectivity index (χ0n) is 11.8. The molecule has 0 saturated carbocycles. The summed E-state index contributed by atoms with van der Waals surface area (Å²) < 4.78 is 28.2. The molecule has 112 valence electrons. The summed E-state index contributed by atoms with van der Waals surface area (Å²) >= 11 is 0. The summed E-state index contributed by atoms with van der Waals surface area (Å²) in [7, 11) is -3.13. The van der Waals surface area contributed by atoms with Gasteiger partial charge in [0.1, 0.15) is 11.7 Å². The Hall–Kier alpha value is -1.87. The van der Waals surface area contributed by atoms with Crippen molar-refractivity contribution in [2.24, 2.45) is 5.92 Å². The lowest BCUT2D eigenvalue weighted by atomic mass is 9.88. The highest BCUT2D eigenvalue weighted by molar-refractivity contribution is 7.91. The van der Waals surface area contributed by atoms with E-state index in [1.807, 2.05) is 13.0 Å². The van der Waals surface area contributed by atoms with Gasteiger partial charge in [0.2, 0.25) is 0 Å². The molecule has 1 aromatic carbocycles. The van der Waals surface area contributed by atoms with E-state index in [9.17, 15) is 18.5 Å². The van der Waals surface area contributed by atoms with E-state index < -0.39 is 21.7 Å². The average molecular weight is 307 g/mol. The first-order valence-corrected chi connectivity index (χ1v) is 8.65. The Morgan fingerprint density at radius 1 is 1.43 bits per heavy atom. The second kappa shape index (κ2) is 6.27. The third kappa shape index (κ3) is 3.61. The molecule has 1 heterocycles. The number of carbonyl (C=O) groups excluding carboxylic acids is 1. The molecule has 0 aromatic heterocycles. The molecule has 0 amide bonds. The van der Waals surface area contributed by atoms with E-state index in [0.29, 0.717) is 24.3 Å². The third-order valence-corrected chi connectivity index (χ3v) is 5.34. The molecule has 2 rings (SSSR count). The van der Waals surface area contributed by atoms with Crippen LogP contribution in [-0.4, -0.2) is 32.3 Å². The molecule has 0 bridgehead atoms. The van der Waals surface area contributed by atoms with E-state index in [4.69, 9.17) is 4.74 Å². The Labute approximate surface area is 124 Å². The molecule has 21 heavy (non-hydrogen) atoms. The van der Waals surface area contributed by atoms with Gasteiger partial charge in [0.15, 0.2) is 15.6 Å². The van der Waals surface area contributed by atoms with Crippen molar-refractivity contribution in [3.63, 3.8) is 0 Å². The highest BCUT2D eigenvalue weighted by Gasteiger charge is 2.36. The molecule has 2 atom stereocenters. The van der Waals surface area contributed by atoms with Gasteiger partial charge in [-0.25, -0.2) is 8.42 Å². The van der Waals surface area contributed by atoms with Crippen molar-refractivity contribution in [1.29, 1.82) is 5.26 Å². The molecular weight excluding hydrogens is 290 g/mol. The normalized spacial score (nSPS) is 21.4. The lowest BCUT2D eigenvalue weighted by molar-refractivity contribution is -0.122. The van der Waals surface area contributed by atoms with Gasteiger partial charge in [-0.1, -0.05) is 12.1 Å². The van der Waals surface area contributed by atoms with Gasteiger partial charge < -0.3 is 4.74 Å². The number of rotatable bonds is 5. The highest BCUT2D eigenvalue weighted by Crippen LogP contribution is 2.28. The second-order valence-corrected chi connectivity index (χ2v) is 7.30. The summed E-state index contributed by atoms with van der Waals surface area (Å²) in [4.78, 5) is 12.4. The minimum Gasteiger partial charge on any atom is -0.494 e. The van der Waals surface area contributed by atoms with E-state index in [1.54, 1.807) is 24.3 Å². The van der Waals surface area contributed by atoms with E-state index in [-0.39, 0.29) is 17.3 Å². The molecule has 0 N–H and O–H groups in total. The van der Waals surface area contributed by atoms with E-state index in [0.717, 1.165) is 0 Å². The number of nitriles is 1. The van der Waals surface area contributed by atoms with Crippen LogP contribution in [0, 0.1) is 17.2 Å². The molecule has 0 spiro atoms. The van der Waals surface area contributed by atoms with Gasteiger partial charge >= 0.3 is 0 Å². The van der Waals surface area contributed by atoms with Crippen LogP contribution < -0.4 is 4.74 Å². The molecule has 1 aromatic rings. The maximum absolute atomic E-state index is 12.4. The monoisotopic (exact) mass is 307 g/mol. The van der Waals surface area contributed by atoms with Gasteiger partial charge in [-0.05, 0) is 31.0 Å². The van der Waals surface area contributed by atoms with Crippen molar-refractivity contribution in [3.05, 3.63) is 29.8 Å². The van der Waals surface area contributed by atoms with Gasteiger partial charge in [0.25, 0.3) is 0 Å². The number of Topliss-reactive ketones (excluding diaryl/α,β-unsaturated/α-hetero) is 1. The van der Waals surface area contributed by atoms with Crippen LogP contribution in [0.2, 0.25) is 0 Å². The highest BCUT2D eigenvalue weighted by atomic mass is 32.2. The lowest BCUT2D eigenvalue weighted by Crippen LogP contribution is -2.22. The number of nitrogens with zero attached hydrogens (tertiary/aromatic N) is 1. The second-order valence-electron chi connectivity index (χ2n) is 5.07. The predicted octanol–water partition coefficient (Wildman–Crippen LogP) is 1.70. The zero-order valence-corrected chi connectivity index (χ0v) is 12.6. The van der Waals surface area contributed by atoms with E-state index in [1.165, 1.54) is 0 Å². The quantitative estimate of drug-likeness (QED) is 0.826. The molecule has 0 radical (unpaired) electrons. The summed E-state index contributed by atoms with van der Waals surface area (Å²) in [6.45, 7) is 2.41. The van der Waals surface area contributed by atoms with Crippen LogP contribution in [0.25, 0.3) is 0 Å². The Bertz CT molecular complexity index is 658. The van der Waals surface area contributed by atoms with Gasteiger partial charge in [-0.3, -0.25) is 4.79 Å². The Morgan fingerprint density at radius 3 is 2.57 bits per heavy atom. The fourth-order valence-electron chi connectivity index (χ4n) is 2.48. The van der Waals surface area contributed by atoms with Crippen LogP contribution in [0.5, 0.6) is 5.75 Å². The molecule has 1 fully saturated rings. The summed E-state index contributed by atoms with van der Waals surface area (Å²) in [5.74, 6) is -1.21. The maximum Gasteiger partial charge on any atom is 0.158 e. The Balaban J connectivity index is 2.16. The number of sulfone groups is 1. The van der Waals surface area contributed by atoms with Crippen LogP contribution in [0.4, 0.5) is 0 Å². The summed E-state index contributed by atoms with van der Waals surface area (Å²) in [5, 5.41) is 9.26. The van der Waals surface area contributed by atoms with Crippen LogP contribution in [0.15, 0.2) is 24.3 Å². The summed E-state index contributed by atoms with van der Waals surface area (Å²) in [6, 6.07) is 8.77. The van der Waals surface area contributed by atoms with Gasteiger partial charge in [0.05, 0.1) is 24.2 Å². The van der Waals surface area contributed by atoms with Gasteiger partial charge in [-0.15, -0.1) is 0 Å². The molecular formula is C15H17NO4S. The number of ether oxygens (including phenoxy) is 1. The minimum atomic E-state index is -3.13. The Kier molecular flexibility index (Phi) is 4.63. The summed E-state index contributed by atoms with van der Waals surface area (Å²) in [5.41, 5.74) is 0.579. The maximum atomic E-state index is 12.4. The molecule has 6 heteroatoms. The number of hydrogen-bond donors (Lipinski definition) is 0. The summed E-state index contributed by atoms with van der Waals surface area (Å²) in [6.07, 6.45) is 0.316. The van der Waals surface area contributed by atoms with Crippen molar-refractivity contribution in [1.82, 2.24) is 0 Å². The number of ketones is 1. The predicted molar refractivity (Wildman–Crippen MR) is 77.7 cm³/mol. The number of hydrogen-bond acceptors (Lipinski definition) is 5. The van der Waals surface area contributed by atoms with E-state index >= 15 is 0 Å². The zero-order chi connectivity index (χ0) is 15.5. The Morgan fingerprint density at radius 2 is 2.10 bits per heavy atom. The molecule has 1 aliphatic rings. The molecule has 1 saturated heterocycles. The van der Waals surface area contributed by atoms with Crippen LogP contribution in [0.1, 0.15) is 24.8 Å². The molecule has 0 aliphatic carbocycles. The molecule has 2 unspecified atom stereocenters.